The summed E-state index contributed by atoms with van der Waals surface area (Å²) in [4.78, 5) is 12.4. The molecule has 1 amide bonds. The van der Waals surface area contributed by atoms with Crippen LogP contribution in [0.1, 0.15) is 48.3 Å². The lowest BCUT2D eigenvalue weighted by molar-refractivity contribution is 0.102. The summed E-state index contributed by atoms with van der Waals surface area (Å²) in [6.07, 6.45) is 3.32. The van der Waals surface area contributed by atoms with Gasteiger partial charge in [0.05, 0.1) is 16.6 Å². The Morgan fingerprint density at radius 1 is 1.22 bits per heavy atom. The molecule has 27 heavy (non-hydrogen) atoms. The van der Waals surface area contributed by atoms with Gasteiger partial charge < -0.3 is 5.32 Å². The molecule has 3 rings (SSSR count). The van der Waals surface area contributed by atoms with E-state index in [2.05, 4.69) is 10.4 Å². The maximum Gasteiger partial charge on any atom is 0.255 e. The van der Waals surface area contributed by atoms with Crippen LogP contribution in [0.15, 0.2) is 30.5 Å². The van der Waals surface area contributed by atoms with Crippen molar-refractivity contribution < 1.29 is 13.2 Å². The number of hydrogen-bond donors (Lipinski definition) is 1. The second-order valence-electron chi connectivity index (χ2n) is 7.28. The van der Waals surface area contributed by atoms with Gasteiger partial charge in [0.25, 0.3) is 5.91 Å². The fraction of sp³-hybridized carbons (Fsp3) is 0.474. The molecular weight excluding hydrogens is 364 g/mol. The highest BCUT2D eigenvalue weighted by Gasteiger charge is 2.36. The van der Waals surface area contributed by atoms with E-state index < -0.39 is 10.0 Å². The average Bonchev–Trinajstić information content (AvgIpc) is 2.93. The van der Waals surface area contributed by atoms with Gasteiger partial charge in [0.2, 0.25) is 10.0 Å². The summed E-state index contributed by atoms with van der Waals surface area (Å²) < 4.78 is 28.4. The fourth-order valence-corrected chi connectivity index (χ4v) is 5.19. The molecule has 2 heterocycles. The molecule has 8 heteroatoms. The number of sulfonamides is 1. The van der Waals surface area contributed by atoms with Crippen LogP contribution < -0.4 is 5.32 Å². The minimum atomic E-state index is -3.27. The summed E-state index contributed by atoms with van der Waals surface area (Å²) in [5.74, 6) is -0.217. The highest BCUT2D eigenvalue weighted by molar-refractivity contribution is 7.89. The zero-order chi connectivity index (χ0) is 19.8. The van der Waals surface area contributed by atoms with Gasteiger partial charge >= 0.3 is 0 Å². The Hall–Kier alpha value is -2.19. The molecule has 146 valence electrons. The first-order chi connectivity index (χ1) is 12.7. The summed E-state index contributed by atoms with van der Waals surface area (Å²) >= 11 is 0. The van der Waals surface area contributed by atoms with Crippen molar-refractivity contribution in [2.24, 2.45) is 7.05 Å². The number of rotatable bonds is 4. The van der Waals surface area contributed by atoms with Gasteiger partial charge in [-0.05, 0) is 51.3 Å². The summed E-state index contributed by atoms with van der Waals surface area (Å²) in [5, 5.41) is 6.70. The normalized spacial score (nSPS) is 22.5. The van der Waals surface area contributed by atoms with E-state index >= 15 is 0 Å². The molecule has 0 spiro atoms. The maximum absolute atomic E-state index is 12.6. The zero-order valence-electron chi connectivity index (χ0n) is 16.1. The molecule has 1 unspecified atom stereocenters. The first-order valence-electron chi connectivity index (χ1n) is 9.09. The Balaban J connectivity index is 1.71. The number of aryl methyl sites for hydroxylation is 2. The topological polar surface area (TPSA) is 84.3 Å². The van der Waals surface area contributed by atoms with E-state index in [9.17, 15) is 13.2 Å². The Morgan fingerprint density at radius 2 is 1.89 bits per heavy atom. The van der Waals surface area contributed by atoms with Crippen molar-refractivity contribution in [3.63, 3.8) is 0 Å². The minimum absolute atomic E-state index is 0.0114. The summed E-state index contributed by atoms with van der Waals surface area (Å²) in [7, 11) is -1.47. The lowest BCUT2D eigenvalue weighted by atomic mass is 10.1. The number of anilines is 1. The SMILES string of the molecule is Cc1nn(C)cc1NC(=O)c1ccc(CN2[C@@H](C)CCC(C)S2(=O)=O)cc1. The molecule has 2 aromatic rings. The minimum Gasteiger partial charge on any atom is -0.319 e. The summed E-state index contributed by atoms with van der Waals surface area (Å²) in [5.41, 5.74) is 2.81. The van der Waals surface area contributed by atoms with Crippen LogP contribution in [-0.4, -0.2) is 39.7 Å². The van der Waals surface area contributed by atoms with E-state index in [0.717, 1.165) is 17.7 Å². The Kier molecular flexibility index (Phi) is 5.39. The number of nitrogens with zero attached hydrogens (tertiary/aromatic N) is 3. The zero-order valence-corrected chi connectivity index (χ0v) is 17.0. The molecule has 1 N–H and O–H groups in total. The largest absolute Gasteiger partial charge is 0.319 e. The summed E-state index contributed by atoms with van der Waals surface area (Å²) in [6.45, 7) is 5.88. The second-order valence-corrected chi connectivity index (χ2v) is 9.58. The third-order valence-corrected chi connectivity index (χ3v) is 7.53. The second kappa shape index (κ2) is 7.44. The smallest absolute Gasteiger partial charge is 0.255 e. The molecule has 0 aliphatic carbocycles. The van der Waals surface area contributed by atoms with Crippen LogP contribution in [0.5, 0.6) is 0 Å². The third kappa shape index (κ3) is 4.06. The predicted octanol–water partition coefficient (Wildman–Crippen LogP) is 2.68. The first kappa shape index (κ1) is 19.6. The molecule has 1 aromatic heterocycles. The van der Waals surface area contributed by atoms with E-state index in [1.807, 2.05) is 26.0 Å². The first-order valence-corrected chi connectivity index (χ1v) is 10.6. The highest BCUT2D eigenvalue weighted by atomic mass is 32.2. The van der Waals surface area contributed by atoms with Crippen LogP contribution in [-0.2, 0) is 23.6 Å². The number of nitrogens with one attached hydrogen (secondary N) is 1. The maximum atomic E-state index is 12.6. The van der Waals surface area contributed by atoms with Gasteiger partial charge in [-0.15, -0.1) is 0 Å². The number of carbonyl (C=O) groups is 1. The molecule has 0 bridgehead atoms. The third-order valence-electron chi connectivity index (χ3n) is 5.13. The van der Waals surface area contributed by atoms with Gasteiger partial charge in [-0.2, -0.15) is 9.40 Å². The Labute approximate surface area is 160 Å². The number of benzene rings is 1. The Bertz CT molecular complexity index is 934. The lowest BCUT2D eigenvalue weighted by Gasteiger charge is -2.36. The van der Waals surface area contributed by atoms with Gasteiger partial charge in [-0.25, -0.2) is 8.42 Å². The van der Waals surface area contributed by atoms with Crippen molar-refractivity contribution in [2.45, 2.75) is 51.4 Å². The predicted molar refractivity (Wildman–Crippen MR) is 105 cm³/mol. The Morgan fingerprint density at radius 3 is 2.48 bits per heavy atom. The van der Waals surface area contributed by atoms with Gasteiger partial charge in [0.1, 0.15) is 0 Å². The molecular formula is C19H26N4O3S. The van der Waals surface area contributed by atoms with E-state index in [-0.39, 0.29) is 17.2 Å². The molecule has 1 aliphatic heterocycles. The van der Waals surface area contributed by atoms with E-state index in [4.69, 9.17) is 0 Å². The highest BCUT2D eigenvalue weighted by Crippen LogP contribution is 2.28. The van der Waals surface area contributed by atoms with Crippen LogP contribution in [0.2, 0.25) is 0 Å². The fourth-order valence-electron chi connectivity index (χ4n) is 3.35. The van der Waals surface area contributed by atoms with Crippen LogP contribution in [0, 0.1) is 6.92 Å². The van der Waals surface area contributed by atoms with E-state index in [1.165, 1.54) is 0 Å². The van der Waals surface area contributed by atoms with Crippen molar-refractivity contribution >= 4 is 21.6 Å². The van der Waals surface area contributed by atoms with Crippen LogP contribution in [0.4, 0.5) is 5.69 Å². The van der Waals surface area contributed by atoms with Gasteiger partial charge in [0, 0.05) is 31.4 Å². The van der Waals surface area contributed by atoms with E-state index in [0.29, 0.717) is 24.2 Å². The van der Waals surface area contributed by atoms with Crippen LogP contribution >= 0.6 is 0 Å². The molecule has 0 radical (unpaired) electrons. The number of hydrogen-bond acceptors (Lipinski definition) is 4. The molecule has 1 aromatic carbocycles. The lowest BCUT2D eigenvalue weighted by Crippen LogP contribution is -2.47. The quantitative estimate of drug-likeness (QED) is 0.870. The van der Waals surface area contributed by atoms with Crippen LogP contribution in [0.3, 0.4) is 0 Å². The molecule has 2 atom stereocenters. The molecule has 1 aliphatic rings. The molecule has 7 nitrogen and oxygen atoms in total. The van der Waals surface area contributed by atoms with Crippen LogP contribution in [0.25, 0.3) is 0 Å². The van der Waals surface area contributed by atoms with Crippen molar-refractivity contribution in [1.29, 1.82) is 0 Å². The number of amides is 1. The van der Waals surface area contributed by atoms with Crippen molar-refractivity contribution in [1.82, 2.24) is 14.1 Å². The van der Waals surface area contributed by atoms with Gasteiger partial charge in [0.15, 0.2) is 0 Å². The van der Waals surface area contributed by atoms with Gasteiger partial charge in [-0.1, -0.05) is 12.1 Å². The standard InChI is InChI=1S/C19H26N4O3S/c1-13-5-6-14(2)27(25,26)23(13)11-16-7-9-17(10-8-16)19(24)20-18-12-22(4)21-15(18)3/h7-10,12-14H,5-6,11H2,1-4H3,(H,20,24)/t13-,14?/m0/s1. The van der Waals surface area contributed by atoms with Crippen molar-refractivity contribution in [3.05, 3.63) is 47.3 Å². The van der Waals surface area contributed by atoms with E-state index in [1.54, 1.807) is 41.3 Å². The number of carbonyl (C=O) groups excluding carboxylic acids is 1. The molecule has 1 fully saturated rings. The number of aromatic nitrogens is 2. The van der Waals surface area contributed by atoms with Crippen molar-refractivity contribution in [3.8, 4) is 0 Å². The molecule has 0 saturated carbocycles. The molecule has 1 saturated heterocycles. The van der Waals surface area contributed by atoms with Gasteiger partial charge in [-0.3, -0.25) is 9.48 Å². The summed E-state index contributed by atoms with van der Waals surface area (Å²) in [6, 6.07) is 7.06. The monoisotopic (exact) mass is 390 g/mol. The average molecular weight is 391 g/mol. The van der Waals surface area contributed by atoms with Crippen molar-refractivity contribution in [2.75, 3.05) is 5.32 Å².